The molecule has 1 atom stereocenters. The molecule has 5 heteroatoms. The van der Waals surface area contributed by atoms with Crippen LogP contribution in [0.1, 0.15) is 5.56 Å². The van der Waals surface area contributed by atoms with Crippen molar-refractivity contribution in [3.8, 4) is 0 Å². The second-order valence-electron chi connectivity index (χ2n) is 5.37. The fourth-order valence-electron chi connectivity index (χ4n) is 3.13. The highest BCUT2D eigenvalue weighted by Crippen LogP contribution is 2.42. The molecule has 2 aromatic rings. The van der Waals surface area contributed by atoms with Crippen LogP contribution in [-0.4, -0.2) is 25.6 Å². The highest BCUT2D eigenvalue weighted by molar-refractivity contribution is 9.10. The van der Waals surface area contributed by atoms with E-state index in [1.54, 1.807) is 0 Å². The van der Waals surface area contributed by atoms with Gasteiger partial charge in [-0.1, -0.05) is 40.2 Å². The number of aliphatic imine (C=N–C) groups is 2. The lowest BCUT2D eigenvalue weighted by Gasteiger charge is -2.41. The summed E-state index contributed by atoms with van der Waals surface area (Å²) in [7, 11) is 1.98. The summed E-state index contributed by atoms with van der Waals surface area (Å²) in [6, 6.07) is 16.6. The standard InChI is InChI=1S/C17H15BrN4/c1-19-17(12-6-8-13(18)9-7-12)11-21-16-10-20-14-4-2-3-5-15(14)22(16)17/h2-10,19H,11H2,1H3. The molecule has 0 amide bonds. The Bertz CT molecular complexity index is 782. The number of hydrogen-bond acceptors (Lipinski definition) is 4. The minimum Gasteiger partial charge on any atom is -0.298 e. The van der Waals surface area contributed by atoms with Crippen molar-refractivity contribution >= 4 is 39.4 Å². The van der Waals surface area contributed by atoms with Crippen LogP contribution in [0.25, 0.3) is 0 Å². The van der Waals surface area contributed by atoms with Crippen molar-refractivity contribution in [3.63, 3.8) is 0 Å². The SMILES string of the molecule is CNC1(c2ccc(Br)cc2)CN=C2C=Nc3ccccc3N21. The second-order valence-corrected chi connectivity index (χ2v) is 6.29. The molecule has 110 valence electrons. The molecule has 2 heterocycles. The fraction of sp³-hybridized carbons (Fsp3) is 0.176. The number of rotatable bonds is 2. The van der Waals surface area contributed by atoms with Crippen LogP contribution in [0.3, 0.4) is 0 Å². The number of nitrogens with one attached hydrogen (secondary N) is 1. The maximum Gasteiger partial charge on any atom is 0.148 e. The molecule has 1 N–H and O–H groups in total. The molecule has 0 fully saturated rings. The molecule has 0 bridgehead atoms. The van der Waals surface area contributed by atoms with Gasteiger partial charge in [-0.05, 0) is 36.9 Å². The zero-order chi connectivity index (χ0) is 15.2. The third-order valence-electron chi connectivity index (χ3n) is 4.26. The Morgan fingerprint density at radius 2 is 1.91 bits per heavy atom. The molecule has 2 aliphatic heterocycles. The number of benzene rings is 2. The van der Waals surface area contributed by atoms with Crippen molar-refractivity contribution in [3.05, 3.63) is 58.6 Å². The number of amidine groups is 1. The predicted octanol–water partition coefficient (Wildman–Crippen LogP) is 3.46. The first-order valence-corrected chi connectivity index (χ1v) is 7.97. The maximum atomic E-state index is 4.70. The van der Waals surface area contributed by atoms with Crippen molar-refractivity contribution in [2.45, 2.75) is 5.66 Å². The number of para-hydroxylation sites is 2. The van der Waals surface area contributed by atoms with Crippen LogP contribution in [0.5, 0.6) is 0 Å². The van der Waals surface area contributed by atoms with E-state index in [1.165, 1.54) is 5.56 Å². The van der Waals surface area contributed by atoms with E-state index < -0.39 is 0 Å². The summed E-state index contributed by atoms with van der Waals surface area (Å²) in [6.07, 6.45) is 1.85. The van der Waals surface area contributed by atoms with Crippen molar-refractivity contribution < 1.29 is 0 Å². The minimum atomic E-state index is -0.376. The molecule has 4 nitrogen and oxygen atoms in total. The normalized spacial score (nSPS) is 22.3. The minimum absolute atomic E-state index is 0.376. The maximum absolute atomic E-state index is 4.70. The Morgan fingerprint density at radius 1 is 1.14 bits per heavy atom. The molecule has 1 unspecified atom stereocenters. The molecule has 4 rings (SSSR count). The Kier molecular flexibility index (Phi) is 3.13. The van der Waals surface area contributed by atoms with Gasteiger partial charge in [0.15, 0.2) is 0 Å². The molecule has 0 saturated heterocycles. The Morgan fingerprint density at radius 3 is 2.68 bits per heavy atom. The predicted molar refractivity (Wildman–Crippen MR) is 94.3 cm³/mol. The average Bonchev–Trinajstić information content (AvgIpc) is 2.96. The molecular formula is C17H15BrN4. The van der Waals surface area contributed by atoms with Crippen LogP contribution in [0.4, 0.5) is 11.4 Å². The van der Waals surface area contributed by atoms with E-state index in [2.05, 4.69) is 61.5 Å². The molecule has 0 aliphatic carbocycles. The summed E-state index contributed by atoms with van der Waals surface area (Å²) < 4.78 is 1.07. The van der Waals surface area contributed by atoms with E-state index in [9.17, 15) is 0 Å². The summed E-state index contributed by atoms with van der Waals surface area (Å²) in [5.41, 5.74) is 2.86. The van der Waals surface area contributed by atoms with E-state index in [0.29, 0.717) is 6.54 Å². The third-order valence-corrected chi connectivity index (χ3v) is 4.79. The van der Waals surface area contributed by atoms with Gasteiger partial charge in [0.1, 0.15) is 11.5 Å². The smallest absolute Gasteiger partial charge is 0.148 e. The first kappa shape index (κ1) is 13.7. The average molecular weight is 355 g/mol. The number of fused-ring (bicyclic) bond motifs is 3. The van der Waals surface area contributed by atoms with Crippen molar-refractivity contribution in [2.24, 2.45) is 9.98 Å². The molecular weight excluding hydrogens is 340 g/mol. The van der Waals surface area contributed by atoms with Gasteiger partial charge >= 0.3 is 0 Å². The van der Waals surface area contributed by atoms with Gasteiger partial charge in [-0.15, -0.1) is 0 Å². The van der Waals surface area contributed by atoms with E-state index in [-0.39, 0.29) is 5.66 Å². The highest BCUT2D eigenvalue weighted by Gasteiger charge is 2.45. The largest absolute Gasteiger partial charge is 0.298 e. The molecule has 0 spiro atoms. The molecule has 0 aromatic heterocycles. The summed E-state index contributed by atoms with van der Waals surface area (Å²) >= 11 is 3.50. The van der Waals surface area contributed by atoms with Gasteiger partial charge in [-0.25, -0.2) is 0 Å². The summed E-state index contributed by atoms with van der Waals surface area (Å²) in [5.74, 6) is 0.899. The summed E-state index contributed by atoms with van der Waals surface area (Å²) in [6.45, 7) is 0.654. The van der Waals surface area contributed by atoms with E-state index in [4.69, 9.17) is 4.99 Å². The zero-order valence-corrected chi connectivity index (χ0v) is 13.7. The van der Waals surface area contributed by atoms with Gasteiger partial charge in [-0.2, -0.15) is 0 Å². The summed E-state index contributed by atoms with van der Waals surface area (Å²) in [4.78, 5) is 11.5. The van der Waals surface area contributed by atoms with Gasteiger partial charge in [0.05, 0.1) is 24.1 Å². The molecule has 0 radical (unpaired) electrons. The Balaban J connectivity index is 1.89. The van der Waals surface area contributed by atoms with Gasteiger partial charge in [0, 0.05) is 4.47 Å². The quantitative estimate of drug-likeness (QED) is 0.896. The monoisotopic (exact) mass is 354 g/mol. The number of nitrogens with zero attached hydrogens (tertiary/aromatic N) is 3. The van der Waals surface area contributed by atoms with Gasteiger partial charge < -0.3 is 0 Å². The molecule has 2 aromatic carbocycles. The number of anilines is 1. The molecule has 2 aliphatic rings. The highest BCUT2D eigenvalue weighted by atomic mass is 79.9. The van der Waals surface area contributed by atoms with Gasteiger partial charge in [-0.3, -0.25) is 20.2 Å². The number of halogens is 1. The Labute approximate surface area is 137 Å². The molecule has 22 heavy (non-hydrogen) atoms. The first-order valence-electron chi connectivity index (χ1n) is 7.17. The van der Waals surface area contributed by atoms with Crippen LogP contribution in [0, 0.1) is 0 Å². The van der Waals surface area contributed by atoms with Crippen LogP contribution >= 0.6 is 15.9 Å². The lowest BCUT2D eigenvalue weighted by molar-refractivity contribution is 0.407. The first-order chi connectivity index (χ1) is 10.7. The van der Waals surface area contributed by atoms with E-state index in [0.717, 1.165) is 21.7 Å². The number of likely N-dealkylation sites (N-methyl/N-ethyl adjacent to an activating group) is 1. The van der Waals surface area contributed by atoms with Crippen LogP contribution in [0.15, 0.2) is 63.0 Å². The van der Waals surface area contributed by atoms with Crippen molar-refractivity contribution in [1.29, 1.82) is 0 Å². The van der Waals surface area contributed by atoms with E-state index in [1.807, 2.05) is 31.5 Å². The fourth-order valence-corrected chi connectivity index (χ4v) is 3.40. The van der Waals surface area contributed by atoms with E-state index >= 15 is 0 Å². The lowest BCUT2D eigenvalue weighted by atomic mass is 9.97. The van der Waals surface area contributed by atoms with Gasteiger partial charge in [0.25, 0.3) is 0 Å². The summed E-state index contributed by atoms with van der Waals surface area (Å²) in [5, 5.41) is 3.49. The van der Waals surface area contributed by atoms with Gasteiger partial charge in [0.2, 0.25) is 0 Å². The molecule has 0 saturated carbocycles. The Hall–Kier alpha value is -1.98. The zero-order valence-electron chi connectivity index (χ0n) is 12.1. The van der Waals surface area contributed by atoms with Crippen LogP contribution in [-0.2, 0) is 5.66 Å². The third kappa shape index (κ3) is 1.86. The number of hydrogen-bond donors (Lipinski definition) is 1. The van der Waals surface area contributed by atoms with Crippen LogP contribution in [0.2, 0.25) is 0 Å². The second kappa shape index (κ2) is 5.04. The topological polar surface area (TPSA) is 40.0 Å². The van der Waals surface area contributed by atoms with Crippen molar-refractivity contribution in [2.75, 3.05) is 18.5 Å². The van der Waals surface area contributed by atoms with Crippen LogP contribution < -0.4 is 10.2 Å². The lowest BCUT2D eigenvalue weighted by Crippen LogP contribution is -2.56. The van der Waals surface area contributed by atoms with Crippen molar-refractivity contribution in [1.82, 2.24) is 5.32 Å².